The summed E-state index contributed by atoms with van der Waals surface area (Å²) in [6.07, 6.45) is -7.59. The number of carbonyl (C=O) groups excluding carboxylic acids is 1. The van der Waals surface area contributed by atoms with E-state index in [4.69, 9.17) is 7.48 Å². The van der Waals surface area contributed by atoms with Gasteiger partial charge in [0.2, 0.25) is 0 Å². The van der Waals surface area contributed by atoms with Crippen LogP contribution in [0.25, 0.3) is 0 Å². The molecule has 2 rings (SSSR count). The Labute approximate surface area is 127 Å². The molecule has 0 amide bonds. The van der Waals surface area contributed by atoms with E-state index in [2.05, 4.69) is 15.0 Å². The first-order valence-electron chi connectivity index (χ1n) is 7.53. The molecule has 2 atom stereocenters. The Hall–Kier alpha value is -2.12. The van der Waals surface area contributed by atoms with Gasteiger partial charge in [0.25, 0.3) is 0 Å². The second kappa shape index (κ2) is 5.94. The fourth-order valence-corrected chi connectivity index (χ4v) is 1.86. The van der Waals surface area contributed by atoms with Crippen LogP contribution in [-0.4, -0.2) is 25.9 Å². The third-order valence-electron chi connectivity index (χ3n) is 3.02. The molecule has 0 bridgehead atoms. The number of hydrogen-bond acceptors (Lipinski definition) is 5. The normalized spacial score (nSPS) is 19.7. The molecule has 0 radical (unpaired) electrons. The molecule has 120 valence electrons. The Kier molecular flexibility index (Phi) is 3.65. The zero-order chi connectivity index (χ0) is 18.1. The minimum Gasteiger partial charge on any atom is -0.496 e. The molecule has 1 aromatic rings. The second-order valence-corrected chi connectivity index (χ2v) is 4.41. The third-order valence-corrected chi connectivity index (χ3v) is 3.02. The van der Waals surface area contributed by atoms with Crippen LogP contribution < -0.4 is 4.74 Å². The van der Waals surface area contributed by atoms with Gasteiger partial charge >= 0.3 is 17.8 Å². The lowest BCUT2D eigenvalue weighted by Gasteiger charge is -2.17. The Balaban J connectivity index is 2.32. The third kappa shape index (κ3) is 3.05. The van der Waals surface area contributed by atoms with Crippen molar-refractivity contribution in [1.82, 2.24) is 0 Å². The van der Waals surface area contributed by atoms with Crippen molar-refractivity contribution in [3.05, 3.63) is 29.3 Å². The number of hydrogen-bond donors (Lipinski definition) is 0. The van der Waals surface area contributed by atoms with Crippen molar-refractivity contribution in [2.45, 2.75) is 31.6 Å². The van der Waals surface area contributed by atoms with Crippen LogP contribution in [0.1, 0.15) is 27.2 Å². The number of esters is 1. The average molecular weight is 318 g/mol. The number of aryl methyl sites for hydroxylation is 1. The molecule has 1 heterocycles. The summed E-state index contributed by atoms with van der Waals surface area (Å²) in [5, 5.41) is 6.20. The Morgan fingerprint density at radius 2 is 2.09 bits per heavy atom. The molecule has 0 fully saturated rings. The SMILES string of the molecule is [2H]C(C(=O)OCC)C([2H])c1ccc(C2(C(F)(F)F)N=N2)cc1OC. The number of benzene rings is 1. The van der Waals surface area contributed by atoms with E-state index in [1.165, 1.54) is 13.2 Å². The van der Waals surface area contributed by atoms with Gasteiger partial charge < -0.3 is 9.47 Å². The van der Waals surface area contributed by atoms with Gasteiger partial charge in [-0.2, -0.15) is 13.2 Å². The van der Waals surface area contributed by atoms with E-state index in [9.17, 15) is 18.0 Å². The summed E-state index contributed by atoms with van der Waals surface area (Å²) in [6, 6.07) is 3.40. The largest absolute Gasteiger partial charge is 0.496 e. The first kappa shape index (κ1) is 13.5. The standard InChI is InChI=1S/C14H15F3N2O3/c1-3-22-12(20)7-5-9-4-6-10(8-11(9)21-2)13(18-19-13)14(15,16)17/h4,6,8H,3,5,7H2,1-2H3/i5D,7D. The van der Waals surface area contributed by atoms with Gasteiger partial charge in [-0.3, -0.25) is 4.79 Å². The smallest absolute Gasteiger partial charge is 0.442 e. The van der Waals surface area contributed by atoms with Crippen molar-refractivity contribution >= 4 is 5.97 Å². The number of rotatable bonds is 6. The molecule has 0 aromatic heterocycles. The molecule has 1 aromatic carbocycles. The number of ether oxygens (including phenoxy) is 2. The van der Waals surface area contributed by atoms with Gasteiger partial charge in [-0.15, -0.1) is 10.2 Å². The molecule has 0 aliphatic carbocycles. The van der Waals surface area contributed by atoms with E-state index >= 15 is 0 Å². The summed E-state index contributed by atoms with van der Waals surface area (Å²) in [5.74, 6) is -0.933. The topological polar surface area (TPSA) is 60.2 Å². The molecule has 5 nitrogen and oxygen atoms in total. The summed E-state index contributed by atoms with van der Waals surface area (Å²) in [7, 11) is 1.22. The Bertz CT molecular complexity index is 661. The molecule has 0 N–H and O–H groups in total. The fraction of sp³-hybridized carbons (Fsp3) is 0.500. The molecule has 1 aliphatic heterocycles. The van der Waals surface area contributed by atoms with Gasteiger partial charge in [0.05, 0.1) is 13.7 Å². The van der Waals surface area contributed by atoms with Crippen LogP contribution in [-0.2, 0) is 21.6 Å². The molecule has 2 unspecified atom stereocenters. The second-order valence-electron chi connectivity index (χ2n) is 4.41. The fourth-order valence-electron chi connectivity index (χ4n) is 1.86. The van der Waals surface area contributed by atoms with E-state index in [0.717, 1.165) is 12.1 Å². The predicted molar refractivity (Wildman–Crippen MR) is 70.5 cm³/mol. The zero-order valence-corrected chi connectivity index (χ0v) is 11.8. The highest BCUT2D eigenvalue weighted by molar-refractivity contribution is 5.69. The monoisotopic (exact) mass is 318 g/mol. The number of carbonyl (C=O) groups is 1. The maximum Gasteiger partial charge on any atom is 0.442 e. The van der Waals surface area contributed by atoms with E-state index < -0.39 is 30.6 Å². The van der Waals surface area contributed by atoms with E-state index in [0.29, 0.717) is 0 Å². The summed E-state index contributed by atoms with van der Waals surface area (Å²) in [5.41, 5.74) is -2.74. The van der Waals surface area contributed by atoms with Gasteiger partial charge in [0.1, 0.15) is 5.75 Å². The van der Waals surface area contributed by atoms with Crippen LogP contribution in [0, 0.1) is 0 Å². The van der Waals surface area contributed by atoms with Crippen molar-refractivity contribution in [3.63, 3.8) is 0 Å². The van der Waals surface area contributed by atoms with Crippen LogP contribution in [0.4, 0.5) is 13.2 Å². The van der Waals surface area contributed by atoms with Crippen LogP contribution in [0.3, 0.4) is 0 Å². The summed E-state index contributed by atoms with van der Waals surface area (Å²) in [6.45, 7) is 1.63. The maximum atomic E-state index is 13.0. The van der Waals surface area contributed by atoms with Crippen molar-refractivity contribution in [3.8, 4) is 5.75 Å². The number of nitrogens with zero attached hydrogens (tertiary/aromatic N) is 2. The number of methoxy groups -OCH3 is 1. The highest BCUT2D eigenvalue weighted by atomic mass is 19.4. The van der Waals surface area contributed by atoms with Gasteiger partial charge in [-0.1, -0.05) is 12.1 Å². The predicted octanol–water partition coefficient (Wildman–Crippen LogP) is 3.37. The van der Waals surface area contributed by atoms with Crippen molar-refractivity contribution in [2.75, 3.05) is 13.7 Å². The molecular weight excluding hydrogens is 301 g/mol. The highest BCUT2D eigenvalue weighted by Gasteiger charge is 2.65. The highest BCUT2D eigenvalue weighted by Crippen LogP contribution is 2.52. The van der Waals surface area contributed by atoms with Crippen LogP contribution in [0.15, 0.2) is 28.4 Å². The molecule has 0 saturated carbocycles. The van der Waals surface area contributed by atoms with Gasteiger partial charge in [0.15, 0.2) is 0 Å². The minimum atomic E-state index is -4.68. The molecule has 22 heavy (non-hydrogen) atoms. The number of alkyl halides is 3. The number of halogens is 3. The molecule has 1 aliphatic rings. The molecule has 8 heteroatoms. The first-order valence-corrected chi connectivity index (χ1v) is 6.38. The summed E-state index contributed by atoms with van der Waals surface area (Å²) < 4.78 is 64.6. The van der Waals surface area contributed by atoms with Gasteiger partial charge in [-0.25, -0.2) is 0 Å². The van der Waals surface area contributed by atoms with Crippen molar-refractivity contribution in [1.29, 1.82) is 0 Å². The quantitative estimate of drug-likeness (QED) is 0.756. The van der Waals surface area contributed by atoms with E-state index in [1.54, 1.807) is 6.92 Å². The van der Waals surface area contributed by atoms with Crippen molar-refractivity contribution in [2.24, 2.45) is 10.2 Å². The van der Waals surface area contributed by atoms with Crippen LogP contribution >= 0.6 is 0 Å². The van der Waals surface area contributed by atoms with Gasteiger partial charge in [0, 0.05) is 14.7 Å². The van der Waals surface area contributed by atoms with E-state index in [-0.39, 0.29) is 23.5 Å². The van der Waals surface area contributed by atoms with Gasteiger partial charge in [-0.05, 0) is 25.0 Å². The average Bonchev–Trinajstić information content (AvgIpc) is 3.34. The van der Waals surface area contributed by atoms with E-state index in [1.807, 2.05) is 0 Å². The zero-order valence-electron chi connectivity index (χ0n) is 13.8. The summed E-state index contributed by atoms with van der Waals surface area (Å²) >= 11 is 0. The summed E-state index contributed by atoms with van der Waals surface area (Å²) in [4.78, 5) is 11.6. The minimum absolute atomic E-state index is 0.0463. The van der Waals surface area contributed by atoms with Crippen molar-refractivity contribution < 1.29 is 30.2 Å². The van der Waals surface area contributed by atoms with Crippen LogP contribution in [0.5, 0.6) is 5.75 Å². The van der Waals surface area contributed by atoms with Crippen LogP contribution in [0.2, 0.25) is 0 Å². The maximum absolute atomic E-state index is 13.0. The Morgan fingerprint density at radius 1 is 1.41 bits per heavy atom. The lowest BCUT2D eigenvalue weighted by molar-refractivity contribution is -0.166. The molecule has 0 saturated heterocycles. The first-order chi connectivity index (χ1) is 11.2. The lowest BCUT2D eigenvalue weighted by Crippen LogP contribution is -2.30. The molecular formula is C14H15F3N2O3. The molecule has 0 spiro atoms. The lowest BCUT2D eigenvalue weighted by atomic mass is 9.98. The Morgan fingerprint density at radius 3 is 2.59 bits per heavy atom.